The summed E-state index contributed by atoms with van der Waals surface area (Å²) in [5, 5.41) is 0.647. The first-order valence-electron chi connectivity index (χ1n) is 9.17. The standard InChI is InChI=1S/C22H34S/c1-12(2)19-10-14(5)16(7)18(9)23-22-17(8)15(6)11-20(13(3)4)21(19)22/h10-14,16,18H,1-9H3/b19-10-/t14-,16-,18-/m1/s1. The molecule has 2 rings (SSSR count). The van der Waals surface area contributed by atoms with Crippen molar-refractivity contribution in [3.63, 3.8) is 0 Å². The fourth-order valence-corrected chi connectivity index (χ4v) is 5.06. The van der Waals surface area contributed by atoms with E-state index in [-0.39, 0.29) is 0 Å². The van der Waals surface area contributed by atoms with Crippen molar-refractivity contribution in [2.75, 3.05) is 0 Å². The van der Waals surface area contributed by atoms with E-state index in [2.05, 4.69) is 86.2 Å². The van der Waals surface area contributed by atoms with Crippen molar-refractivity contribution < 1.29 is 0 Å². The number of thioether (sulfide) groups is 1. The highest BCUT2D eigenvalue weighted by atomic mass is 32.2. The average molecular weight is 331 g/mol. The summed E-state index contributed by atoms with van der Waals surface area (Å²) < 4.78 is 0. The zero-order valence-corrected chi connectivity index (χ0v) is 17.3. The number of benzene rings is 1. The third-order valence-electron chi connectivity index (χ3n) is 5.67. The molecule has 0 fully saturated rings. The quantitative estimate of drug-likeness (QED) is 0.551. The second-order valence-electron chi connectivity index (χ2n) is 8.08. The van der Waals surface area contributed by atoms with E-state index in [9.17, 15) is 0 Å². The van der Waals surface area contributed by atoms with Gasteiger partial charge in [-0.15, -0.1) is 11.8 Å². The van der Waals surface area contributed by atoms with Crippen LogP contribution in [0.4, 0.5) is 0 Å². The number of hydrogen-bond donors (Lipinski definition) is 0. The van der Waals surface area contributed by atoms with Crippen LogP contribution in [0.25, 0.3) is 5.57 Å². The Hall–Kier alpha value is -0.690. The van der Waals surface area contributed by atoms with Crippen molar-refractivity contribution in [2.45, 2.75) is 78.4 Å². The number of allylic oxidation sites excluding steroid dienone is 2. The fraction of sp³-hybridized carbons (Fsp3) is 0.636. The molecule has 1 aliphatic heterocycles. The SMILES string of the molecule is Cc1cc(C(C)C)c2c(c1C)S[C@H](C)[C@H](C)[C@H](C)/C=C\2C(C)C. The molecular weight excluding hydrogens is 296 g/mol. The van der Waals surface area contributed by atoms with Gasteiger partial charge in [-0.2, -0.15) is 0 Å². The minimum atomic E-state index is 0.563. The molecule has 0 aromatic heterocycles. The molecule has 0 aliphatic carbocycles. The third-order valence-corrected chi connectivity index (χ3v) is 7.22. The Morgan fingerprint density at radius 2 is 1.57 bits per heavy atom. The lowest BCUT2D eigenvalue weighted by molar-refractivity contribution is 0.455. The molecule has 0 saturated heterocycles. The zero-order chi connectivity index (χ0) is 17.5. The number of fused-ring (bicyclic) bond motifs is 1. The first-order valence-corrected chi connectivity index (χ1v) is 10.1. The van der Waals surface area contributed by atoms with E-state index in [1.54, 1.807) is 16.0 Å². The van der Waals surface area contributed by atoms with E-state index in [1.165, 1.54) is 16.7 Å². The molecule has 0 saturated carbocycles. The van der Waals surface area contributed by atoms with Crippen molar-refractivity contribution in [1.82, 2.24) is 0 Å². The molecule has 0 N–H and O–H groups in total. The molecule has 0 unspecified atom stereocenters. The lowest BCUT2D eigenvalue weighted by Crippen LogP contribution is -2.21. The summed E-state index contributed by atoms with van der Waals surface area (Å²) in [7, 11) is 0. The summed E-state index contributed by atoms with van der Waals surface area (Å²) in [5.74, 6) is 2.46. The van der Waals surface area contributed by atoms with E-state index in [4.69, 9.17) is 0 Å². The van der Waals surface area contributed by atoms with Gasteiger partial charge >= 0.3 is 0 Å². The maximum Gasteiger partial charge on any atom is 0.0185 e. The molecule has 0 spiro atoms. The topological polar surface area (TPSA) is 0 Å². The van der Waals surface area contributed by atoms with Gasteiger partial charge in [0.15, 0.2) is 0 Å². The van der Waals surface area contributed by atoms with Gasteiger partial charge in [0, 0.05) is 10.1 Å². The van der Waals surface area contributed by atoms with Crippen molar-refractivity contribution in [3.05, 3.63) is 34.4 Å². The van der Waals surface area contributed by atoms with Gasteiger partial charge in [0.1, 0.15) is 0 Å². The van der Waals surface area contributed by atoms with Crippen LogP contribution in [-0.2, 0) is 0 Å². The van der Waals surface area contributed by atoms with Crippen LogP contribution >= 0.6 is 11.8 Å². The Morgan fingerprint density at radius 3 is 2.09 bits per heavy atom. The highest BCUT2D eigenvalue weighted by molar-refractivity contribution is 8.00. The van der Waals surface area contributed by atoms with Crippen molar-refractivity contribution in [2.24, 2.45) is 17.8 Å². The number of rotatable bonds is 2. The van der Waals surface area contributed by atoms with Crippen molar-refractivity contribution in [3.8, 4) is 0 Å². The van der Waals surface area contributed by atoms with Crippen molar-refractivity contribution in [1.29, 1.82) is 0 Å². The maximum atomic E-state index is 2.57. The predicted molar refractivity (Wildman–Crippen MR) is 106 cm³/mol. The molecule has 1 aromatic rings. The summed E-state index contributed by atoms with van der Waals surface area (Å²) in [6.07, 6.45) is 2.57. The Labute approximate surface area is 148 Å². The second-order valence-corrected chi connectivity index (χ2v) is 9.47. The molecule has 1 heterocycles. The Morgan fingerprint density at radius 1 is 0.957 bits per heavy atom. The van der Waals surface area contributed by atoms with Gasteiger partial charge in [-0.25, -0.2) is 0 Å². The number of hydrogen-bond acceptors (Lipinski definition) is 1. The molecule has 0 nitrogen and oxygen atoms in total. The Bertz CT molecular complexity index is 607. The van der Waals surface area contributed by atoms with Crippen LogP contribution in [0.3, 0.4) is 0 Å². The Balaban J connectivity index is 2.84. The van der Waals surface area contributed by atoms with Gasteiger partial charge in [0.2, 0.25) is 0 Å². The molecule has 1 aromatic carbocycles. The summed E-state index contributed by atoms with van der Waals surface area (Å²) >= 11 is 2.11. The third kappa shape index (κ3) is 3.55. The molecular formula is C22H34S. The smallest absolute Gasteiger partial charge is 0.0185 e. The fourth-order valence-electron chi connectivity index (χ4n) is 3.53. The molecule has 128 valence electrons. The van der Waals surface area contributed by atoms with E-state index in [0.717, 1.165) is 0 Å². The lowest BCUT2D eigenvalue weighted by atomic mass is 9.81. The molecule has 3 atom stereocenters. The maximum absolute atomic E-state index is 2.57. The van der Waals surface area contributed by atoms with Crippen LogP contribution in [0.1, 0.15) is 76.6 Å². The van der Waals surface area contributed by atoms with Crippen LogP contribution in [0.15, 0.2) is 17.0 Å². The van der Waals surface area contributed by atoms with Gasteiger partial charge in [-0.1, -0.05) is 60.6 Å². The van der Waals surface area contributed by atoms with Gasteiger partial charge in [-0.3, -0.25) is 0 Å². The summed E-state index contributed by atoms with van der Waals surface area (Å²) in [6, 6.07) is 2.44. The Kier molecular flexibility index (Phi) is 5.72. The highest BCUT2D eigenvalue weighted by Gasteiger charge is 2.28. The first kappa shape index (κ1) is 18.6. The molecule has 0 radical (unpaired) electrons. The van der Waals surface area contributed by atoms with E-state index in [1.807, 2.05) is 0 Å². The predicted octanol–water partition coefficient (Wildman–Crippen LogP) is 7.23. The minimum absolute atomic E-state index is 0.563. The van der Waals surface area contributed by atoms with Crippen LogP contribution in [-0.4, -0.2) is 5.25 Å². The average Bonchev–Trinajstić information content (AvgIpc) is 2.47. The number of aryl methyl sites for hydroxylation is 1. The highest BCUT2D eigenvalue weighted by Crippen LogP contribution is 2.46. The van der Waals surface area contributed by atoms with Crippen molar-refractivity contribution >= 4 is 17.3 Å². The van der Waals surface area contributed by atoms with Gasteiger partial charge in [-0.05, 0) is 65.3 Å². The molecule has 1 heteroatoms. The summed E-state index contributed by atoms with van der Waals surface area (Å²) in [5.41, 5.74) is 7.56. The van der Waals surface area contributed by atoms with Crippen LogP contribution in [0.2, 0.25) is 0 Å². The molecule has 1 aliphatic rings. The van der Waals surface area contributed by atoms with E-state index in [0.29, 0.717) is 28.9 Å². The minimum Gasteiger partial charge on any atom is -0.122 e. The summed E-state index contributed by atoms with van der Waals surface area (Å²) in [4.78, 5) is 1.54. The lowest BCUT2D eigenvalue weighted by Gasteiger charge is -2.33. The van der Waals surface area contributed by atoms with Gasteiger partial charge in [0.05, 0.1) is 0 Å². The van der Waals surface area contributed by atoms with Gasteiger partial charge in [0.25, 0.3) is 0 Å². The monoisotopic (exact) mass is 330 g/mol. The zero-order valence-electron chi connectivity index (χ0n) is 16.4. The van der Waals surface area contributed by atoms with Gasteiger partial charge < -0.3 is 0 Å². The summed E-state index contributed by atoms with van der Waals surface area (Å²) in [6.45, 7) is 21.2. The molecule has 0 bridgehead atoms. The normalized spacial score (nSPS) is 27.4. The van der Waals surface area contributed by atoms with E-state index < -0.39 is 0 Å². The van der Waals surface area contributed by atoms with Crippen LogP contribution in [0, 0.1) is 31.6 Å². The second kappa shape index (κ2) is 7.05. The first-order chi connectivity index (χ1) is 10.6. The van der Waals surface area contributed by atoms with Crippen LogP contribution in [0.5, 0.6) is 0 Å². The van der Waals surface area contributed by atoms with E-state index >= 15 is 0 Å². The molecule has 23 heavy (non-hydrogen) atoms. The van der Waals surface area contributed by atoms with Crippen LogP contribution < -0.4 is 0 Å². The molecule has 0 amide bonds. The largest absolute Gasteiger partial charge is 0.122 e.